The average molecular weight is 1120 g/mol. The van der Waals surface area contributed by atoms with Crippen LogP contribution in [0.5, 0.6) is 0 Å². The maximum atomic E-state index is 7.45. The van der Waals surface area contributed by atoms with Crippen LogP contribution >= 0.6 is 0 Å². The van der Waals surface area contributed by atoms with Crippen LogP contribution in [0.25, 0.3) is 88.7 Å². The summed E-state index contributed by atoms with van der Waals surface area (Å²) in [5, 5.41) is 4.34. The Bertz CT molecular complexity index is 4800. The van der Waals surface area contributed by atoms with Gasteiger partial charge in [-0.05, 0) is 156 Å². The largest absolute Gasteiger partial charge is 0.455 e. The van der Waals surface area contributed by atoms with Crippen molar-refractivity contribution < 1.29 is 8.83 Å². The van der Waals surface area contributed by atoms with E-state index in [4.69, 9.17) is 8.83 Å². The topological polar surface area (TPSA) is 32.8 Å². The zero-order valence-corrected chi connectivity index (χ0v) is 51.8. The Morgan fingerprint density at radius 2 is 0.953 bits per heavy atom. The van der Waals surface area contributed by atoms with Crippen LogP contribution in [0.15, 0.2) is 209 Å². The van der Waals surface area contributed by atoms with Gasteiger partial charge in [0.05, 0.1) is 5.69 Å². The summed E-state index contributed by atoms with van der Waals surface area (Å²) < 4.78 is 14.8. The van der Waals surface area contributed by atoms with E-state index in [9.17, 15) is 0 Å². The van der Waals surface area contributed by atoms with Crippen molar-refractivity contribution in [2.45, 2.75) is 123 Å². The van der Waals surface area contributed by atoms with Gasteiger partial charge in [0.15, 0.2) is 0 Å². The molecular weight excluding hydrogens is 1040 g/mol. The molecule has 2 aromatic heterocycles. The Kier molecular flexibility index (Phi) is 11.1. The maximum absolute atomic E-state index is 7.45. The molecule has 0 N–H and O–H groups in total. The molecule has 0 spiro atoms. The second-order valence-electron chi connectivity index (χ2n) is 29.1. The molecule has 4 nitrogen and oxygen atoms in total. The summed E-state index contributed by atoms with van der Waals surface area (Å²) in [6.45, 7) is 28.4. The number of fused-ring (bicyclic) bond motifs is 13. The van der Waals surface area contributed by atoms with Crippen molar-refractivity contribution in [2.24, 2.45) is 0 Å². The standard InChI is InChI=1S/C81H73BN2O2/c1-77(2,3)51-32-35-53(36-33-51)84-68-47-63-56(57-42-64-65(46-62(57)81(63,11)12)80(9,10)39-38-79(64,7)8)41-61(68)72-73-70(45-59-54-30-22-23-31-71(54)85-76(59)72)83(67-37-34-52(78(4,5)6)40-55(67)48-24-16-13-17-25-48)69-44-60-58(43-66(69)82(73)84)74(49-26-18-14-19-27-49)86-75(60)50-28-20-15-21-29-50/h13-37,40-47H,38-39H2,1-12H3. The molecule has 0 atom stereocenters. The molecule has 12 aromatic rings. The summed E-state index contributed by atoms with van der Waals surface area (Å²) in [5.74, 6) is 1.71. The first kappa shape index (κ1) is 52.7. The van der Waals surface area contributed by atoms with Gasteiger partial charge in [-0.15, -0.1) is 0 Å². The predicted molar refractivity (Wildman–Crippen MR) is 364 cm³/mol. The minimum Gasteiger partial charge on any atom is -0.455 e. The highest BCUT2D eigenvalue weighted by molar-refractivity contribution is 6.94. The predicted octanol–water partition coefficient (Wildman–Crippen LogP) is 21.3. The number of furan rings is 2. The van der Waals surface area contributed by atoms with Gasteiger partial charge in [-0.25, -0.2) is 0 Å². The van der Waals surface area contributed by atoms with E-state index in [1.54, 1.807) is 0 Å². The number of nitrogens with zero attached hydrogens (tertiary/aromatic N) is 2. The molecule has 2 aliphatic carbocycles. The first-order valence-corrected chi connectivity index (χ1v) is 31.1. The molecule has 0 saturated carbocycles. The minimum absolute atomic E-state index is 0.0436. The highest BCUT2D eigenvalue weighted by Crippen LogP contribution is 2.60. The van der Waals surface area contributed by atoms with Crippen LogP contribution in [0.4, 0.5) is 28.4 Å². The molecule has 0 amide bonds. The van der Waals surface area contributed by atoms with E-state index < -0.39 is 0 Å². The Balaban J connectivity index is 1.09. The van der Waals surface area contributed by atoms with Crippen LogP contribution in [0.1, 0.15) is 129 Å². The van der Waals surface area contributed by atoms with E-state index >= 15 is 0 Å². The quantitative estimate of drug-likeness (QED) is 0.161. The van der Waals surface area contributed by atoms with Crippen molar-refractivity contribution in [3.63, 3.8) is 0 Å². The molecule has 16 rings (SSSR count). The zero-order valence-electron chi connectivity index (χ0n) is 51.8. The minimum atomic E-state index is -0.326. The van der Waals surface area contributed by atoms with E-state index in [-0.39, 0.29) is 33.9 Å². The van der Waals surface area contributed by atoms with E-state index in [0.717, 1.165) is 90.1 Å². The lowest BCUT2D eigenvalue weighted by Gasteiger charge is -2.46. The number of benzene rings is 10. The van der Waals surface area contributed by atoms with Crippen LogP contribution in [0.3, 0.4) is 0 Å². The van der Waals surface area contributed by atoms with Crippen molar-refractivity contribution in [1.82, 2.24) is 0 Å². The fourth-order valence-corrected chi connectivity index (χ4v) is 15.4. The lowest BCUT2D eigenvalue weighted by Crippen LogP contribution is -2.61. The van der Waals surface area contributed by atoms with Crippen molar-refractivity contribution in [1.29, 1.82) is 0 Å². The van der Waals surface area contributed by atoms with Gasteiger partial charge in [0.2, 0.25) is 0 Å². The van der Waals surface area contributed by atoms with Gasteiger partial charge in [0.1, 0.15) is 22.7 Å². The van der Waals surface area contributed by atoms with E-state index in [2.05, 4.69) is 293 Å². The second kappa shape index (κ2) is 18.1. The fourth-order valence-electron chi connectivity index (χ4n) is 15.4. The molecule has 0 fully saturated rings. The van der Waals surface area contributed by atoms with E-state index in [1.807, 2.05) is 0 Å². The van der Waals surface area contributed by atoms with Gasteiger partial charge in [-0.3, -0.25) is 0 Å². The Morgan fingerprint density at radius 3 is 1.59 bits per heavy atom. The molecule has 86 heavy (non-hydrogen) atoms. The summed E-state index contributed by atoms with van der Waals surface area (Å²) in [5.41, 5.74) is 27.3. The molecule has 422 valence electrons. The molecule has 2 aliphatic heterocycles. The molecule has 10 aromatic carbocycles. The van der Waals surface area contributed by atoms with Crippen molar-refractivity contribution in [2.75, 3.05) is 9.71 Å². The summed E-state index contributed by atoms with van der Waals surface area (Å²) in [7, 11) is 0. The molecule has 4 aliphatic rings. The Labute approximate surface area is 507 Å². The lowest BCUT2D eigenvalue weighted by molar-refractivity contribution is 0.331. The lowest BCUT2D eigenvalue weighted by atomic mass is 9.43. The van der Waals surface area contributed by atoms with Crippen LogP contribution in [-0.2, 0) is 27.1 Å². The van der Waals surface area contributed by atoms with Crippen molar-refractivity contribution in [3.05, 3.63) is 234 Å². The van der Waals surface area contributed by atoms with Gasteiger partial charge < -0.3 is 18.5 Å². The highest BCUT2D eigenvalue weighted by Gasteiger charge is 2.50. The molecule has 0 saturated heterocycles. The number of hydrogen-bond acceptors (Lipinski definition) is 4. The molecule has 4 heterocycles. The maximum Gasteiger partial charge on any atom is 0.333 e. The van der Waals surface area contributed by atoms with Gasteiger partial charge in [0.25, 0.3) is 0 Å². The third kappa shape index (κ3) is 7.68. The molecule has 0 radical (unpaired) electrons. The summed E-state index contributed by atoms with van der Waals surface area (Å²) in [6.07, 6.45) is 2.33. The normalized spacial score (nSPS) is 16.0. The zero-order chi connectivity index (χ0) is 59.1. The third-order valence-electron chi connectivity index (χ3n) is 20.4. The number of para-hydroxylation sites is 1. The SMILES string of the molecule is CC(C)(C)c1ccc(N2B3c4cc5c(-c6ccccc6)oc(-c6ccccc6)c5cc4N(c4ccc(C(C)(C)C)cc4-c4ccccc4)c4cc5c(oc6ccccc65)c(c43)-c3cc4c(cc32)C(C)(C)c2cc3c(cc2-4)C(C)(C)CCC3(C)C)cc1. The fraction of sp³-hybridized carbons (Fsp3) is 0.235. The van der Waals surface area contributed by atoms with E-state index in [0.29, 0.717) is 0 Å². The number of hydrogen-bond donors (Lipinski definition) is 0. The highest BCUT2D eigenvalue weighted by atomic mass is 16.3. The van der Waals surface area contributed by atoms with E-state index in [1.165, 1.54) is 84.2 Å². The molecule has 0 bridgehead atoms. The van der Waals surface area contributed by atoms with Crippen LogP contribution in [0.2, 0.25) is 0 Å². The number of rotatable bonds is 5. The smallest absolute Gasteiger partial charge is 0.333 e. The van der Waals surface area contributed by atoms with Gasteiger partial charge in [-0.2, -0.15) is 0 Å². The van der Waals surface area contributed by atoms with Gasteiger partial charge >= 0.3 is 6.85 Å². The van der Waals surface area contributed by atoms with Gasteiger partial charge in [-0.1, -0.05) is 223 Å². The second-order valence-corrected chi connectivity index (χ2v) is 29.1. The van der Waals surface area contributed by atoms with Crippen molar-refractivity contribution >= 4 is 78.9 Å². The Morgan fingerprint density at radius 1 is 0.407 bits per heavy atom. The monoisotopic (exact) mass is 1120 g/mol. The third-order valence-corrected chi connectivity index (χ3v) is 20.4. The summed E-state index contributed by atoms with van der Waals surface area (Å²) in [6, 6.07) is 75.7. The number of anilines is 5. The first-order valence-electron chi connectivity index (χ1n) is 31.1. The Hall–Kier alpha value is -8.80. The van der Waals surface area contributed by atoms with Crippen molar-refractivity contribution in [3.8, 4) is 56.0 Å². The summed E-state index contributed by atoms with van der Waals surface area (Å²) in [4.78, 5) is 5.33. The summed E-state index contributed by atoms with van der Waals surface area (Å²) >= 11 is 0. The average Bonchev–Trinajstić information content (AvgIpc) is 1.24. The van der Waals surface area contributed by atoms with Crippen LogP contribution in [0, 0.1) is 0 Å². The first-order chi connectivity index (χ1) is 41.2. The van der Waals surface area contributed by atoms with Gasteiger partial charge in [0, 0.05) is 77.5 Å². The molecule has 0 unspecified atom stereocenters. The van der Waals surface area contributed by atoms with Crippen LogP contribution < -0.4 is 20.6 Å². The van der Waals surface area contributed by atoms with Crippen LogP contribution in [-0.4, -0.2) is 6.85 Å². The molecular formula is C81H73BN2O2. The molecule has 5 heteroatoms.